The van der Waals surface area contributed by atoms with E-state index >= 15 is 0 Å². The molecule has 2 rings (SSSR count). The average Bonchev–Trinajstić information content (AvgIpc) is 3.01. The second kappa shape index (κ2) is 8.55. The summed E-state index contributed by atoms with van der Waals surface area (Å²) in [6, 6.07) is 6.34. The number of sulfonamides is 1. The van der Waals surface area contributed by atoms with E-state index in [1.54, 1.807) is 25.1 Å². The summed E-state index contributed by atoms with van der Waals surface area (Å²) in [5.41, 5.74) is 1.40. The van der Waals surface area contributed by atoms with Gasteiger partial charge in [-0.05, 0) is 30.7 Å². The summed E-state index contributed by atoms with van der Waals surface area (Å²) in [6.45, 7) is 1.67. The highest BCUT2D eigenvalue weighted by Crippen LogP contribution is 2.23. The van der Waals surface area contributed by atoms with Crippen LogP contribution in [0.4, 0.5) is 5.69 Å². The van der Waals surface area contributed by atoms with Crippen molar-refractivity contribution in [1.29, 1.82) is 0 Å². The first-order valence-corrected chi connectivity index (χ1v) is 9.81. The molecule has 0 spiro atoms. The smallest absolute Gasteiger partial charge is 0.354 e. The van der Waals surface area contributed by atoms with E-state index in [4.69, 9.17) is 11.6 Å². The Balaban J connectivity index is 1.96. The van der Waals surface area contributed by atoms with Crippen LogP contribution in [0.15, 0.2) is 35.4 Å². The molecule has 0 aliphatic heterocycles. The molecule has 0 atom stereocenters. The van der Waals surface area contributed by atoms with Crippen LogP contribution in [0, 0.1) is 6.92 Å². The number of methoxy groups -OCH3 is 1. The molecule has 27 heavy (non-hydrogen) atoms. The van der Waals surface area contributed by atoms with E-state index in [0.29, 0.717) is 10.7 Å². The fraction of sp³-hybridized carbons (Fsp3) is 0.294. The van der Waals surface area contributed by atoms with Crippen LogP contribution in [-0.2, 0) is 26.6 Å². The predicted octanol–water partition coefficient (Wildman–Crippen LogP) is 2.08. The molecule has 0 unspecified atom stereocenters. The van der Waals surface area contributed by atoms with Crippen molar-refractivity contribution in [3.63, 3.8) is 0 Å². The molecule has 10 heteroatoms. The summed E-state index contributed by atoms with van der Waals surface area (Å²) in [5, 5.41) is 3.22. The van der Waals surface area contributed by atoms with Gasteiger partial charge in [-0.2, -0.15) is 0 Å². The van der Waals surface area contributed by atoms with Crippen LogP contribution >= 0.6 is 11.6 Å². The first-order chi connectivity index (χ1) is 12.7. The third-order valence-electron chi connectivity index (χ3n) is 3.87. The normalized spacial score (nSPS) is 11.3. The van der Waals surface area contributed by atoms with Crippen LogP contribution < -0.4 is 10.0 Å². The molecule has 0 saturated heterocycles. The summed E-state index contributed by atoms with van der Waals surface area (Å²) >= 11 is 6.00. The summed E-state index contributed by atoms with van der Waals surface area (Å²) in [5.74, 6) is -0.999. The Morgan fingerprint density at radius 3 is 2.67 bits per heavy atom. The number of aryl methyl sites for hydroxylation is 1. The molecule has 0 aliphatic rings. The van der Waals surface area contributed by atoms with Crippen molar-refractivity contribution in [2.45, 2.75) is 18.2 Å². The minimum absolute atomic E-state index is 0.0676. The highest BCUT2D eigenvalue weighted by molar-refractivity contribution is 7.89. The molecule has 1 aromatic heterocycles. The molecule has 0 bridgehead atoms. The van der Waals surface area contributed by atoms with Gasteiger partial charge in [0.2, 0.25) is 15.9 Å². The molecule has 0 saturated carbocycles. The third-order valence-corrected chi connectivity index (χ3v) is 5.71. The van der Waals surface area contributed by atoms with Crippen LogP contribution in [0.5, 0.6) is 0 Å². The van der Waals surface area contributed by atoms with Gasteiger partial charge in [-0.25, -0.2) is 17.9 Å². The summed E-state index contributed by atoms with van der Waals surface area (Å²) in [6.07, 6.45) is 1.23. The Kier molecular flexibility index (Phi) is 6.63. The van der Waals surface area contributed by atoms with Gasteiger partial charge in [0.1, 0.15) is 10.6 Å². The van der Waals surface area contributed by atoms with Gasteiger partial charge in [0.25, 0.3) is 0 Å². The zero-order valence-corrected chi connectivity index (χ0v) is 16.6. The van der Waals surface area contributed by atoms with Gasteiger partial charge in [0.15, 0.2) is 0 Å². The molecule has 8 nitrogen and oxygen atoms in total. The van der Waals surface area contributed by atoms with Gasteiger partial charge in [-0.1, -0.05) is 17.7 Å². The molecule has 2 N–H and O–H groups in total. The topological polar surface area (TPSA) is 106 Å². The molecule has 2 aromatic rings. The van der Waals surface area contributed by atoms with Crippen molar-refractivity contribution < 1.29 is 22.7 Å². The highest BCUT2D eigenvalue weighted by atomic mass is 35.5. The Morgan fingerprint density at radius 1 is 1.30 bits per heavy atom. The average molecular weight is 414 g/mol. The lowest BCUT2D eigenvalue weighted by Gasteiger charge is -2.10. The van der Waals surface area contributed by atoms with Gasteiger partial charge < -0.3 is 14.6 Å². The lowest BCUT2D eigenvalue weighted by molar-refractivity contribution is -0.116. The predicted molar refractivity (Wildman–Crippen MR) is 101 cm³/mol. The Morgan fingerprint density at radius 2 is 2.00 bits per heavy atom. The largest absolute Gasteiger partial charge is 0.464 e. The van der Waals surface area contributed by atoms with Gasteiger partial charge in [0, 0.05) is 36.9 Å². The van der Waals surface area contributed by atoms with Gasteiger partial charge in [-0.15, -0.1) is 0 Å². The maximum absolute atomic E-state index is 12.3. The molecule has 0 aliphatic carbocycles. The Labute approximate surface area is 162 Å². The van der Waals surface area contributed by atoms with E-state index in [-0.39, 0.29) is 29.5 Å². The maximum Gasteiger partial charge on any atom is 0.354 e. The molecule has 1 aromatic carbocycles. The van der Waals surface area contributed by atoms with E-state index in [1.807, 2.05) is 0 Å². The van der Waals surface area contributed by atoms with Crippen molar-refractivity contribution in [3.8, 4) is 0 Å². The van der Waals surface area contributed by atoms with E-state index in [9.17, 15) is 18.0 Å². The zero-order valence-electron chi connectivity index (χ0n) is 15.1. The first kappa shape index (κ1) is 20.9. The van der Waals surface area contributed by atoms with E-state index < -0.39 is 16.0 Å². The number of benzene rings is 1. The fourth-order valence-electron chi connectivity index (χ4n) is 2.33. The number of hydrogen-bond acceptors (Lipinski definition) is 5. The molecule has 146 valence electrons. The number of nitrogens with zero attached hydrogens (tertiary/aromatic N) is 1. The van der Waals surface area contributed by atoms with Crippen molar-refractivity contribution in [2.75, 3.05) is 19.0 Å². The standard InChI is InChI=1S/C17H20ClN3O5S/c1-11-13(18)5-4-6-14(11)20-16(22)7-8-19-27(24,25)12-9-15(17(23)26-3)21(2)10-12/h4-6,9-10,19H,7-8H2,1-3H3,(H,20,22). The quantitative estimate of drug-likeness (QED) is 0.676. The van der Waals surface area contributed by atoms with Gasteiger partial charge in [0.05, 0.1) is 7.11 Å². The number of esters is 1. The first-order valence-electron chi connectivity index (χ1n) is 7.95. The number of halogens is 1. The van der Waals surface area contributed by atoms with Crippen LogP contribution in [0.2, 0.25) is 5.02 Å². The number of amides is 1. The molecule has 0 radical (unpaired) electrons. The van der Waals surface area contributed by atoms with Crippen molar-refractivity contribution in [2.24, 2.45) is 7.05 Å². The number of rotatable bonds is 7. The lowest BCUT2D eigenvalue weighted by Crippen LogP contribution is -2.27. The second-order valence-electron chi connectivity index (χ2n) is 5.77. The minimum atomic E-state index is -3.87. The number of carbonyl (C=O) groups excluding carboxylic acids is 2. The number of hydrogen-bond donors (Lipinski definition) is 2. The lowest BCUT2D eigenvalue weighted by atomic mass is 10.2. The monoisotopic (exact) mass is 413 g/mol. The summed E-state index contributed by atoms with van der Waals surface area (Å²) in [4.78, 5) is 23.5. The Bertz CT molecular complexity index is 969. The van der Waals surface area contributed by atoms with E-state index in [1.165, 1.54) is 31.0 Å². The third kappa shape index (κ3) is 5.09. The number of carbonyl (C=O) groups is 2. The van der Waals surface area contributed by atoms with Crippen LogP contribution in [0.1, 0.15) is 22.5 Å². The van der Waals surface area contributed by atoms with Crippen molar-refractivity contribution in [3.05, 3.63) is 46.7 Å². The highest BCUT2D eigenvalue weighted by Gasteiger charge is 2.21. The number of nitrogens with one attached hydrogen (secondary N) is 2. The molecule has 1 amide bonds. The SMILES string of the molecule is COC(=O)c1cc(S(=O)(=O)NCCC(=O)Nc2cccc(Cl)c2C)cn1C. The zero-order chi connectivity index (χ0) is 20.2. The van der Waals surface area contributed by atoms with Crippen LogP contribution in [-0.4, -0.2) is 38.5 Å². The summed E-state index contributed by atoms with van der Waals surface area (Å²) < 4.78 is 32.9. The molecule has 0 fully saturated rings. The van der Waals surface area contributed by atoms with Crippen molar-refractivity contribution in [1.82, 2.24) is 9.29 Å². The minimum Gasteiger partial charge on any atom is -0.464 e. The number of ether oxygens (including phenoxy) is 1. The molecular formula is C17H20ClN3O5S. The summed E-state index contributed by atoms with van der Waals surface area (Å²) in [7, 11) is -1.12. The molecule has 1 heterocycles. The number of anilines is 1. The second-order valence-corrected chi connectivity index (χ2v) is 7.95. The molecular weight excluding hydrogens is 394 g/mol. The Hall–Kier alpha value is -2.36. The van der Waals surface area contributed by atoms with Crippen LogP contribution in [0.3, 0.4) is 0 Å². The number of aromatic nitrogens is 1. The van der Waals surface area contributed by atoms with E-state index in [0.717, 1.165) is 5.56 Å². The van der Waals surface area contributed by atoms with Gasteiger partial charge >= 0.3 is 5.97 Å². The van der Waals surface area contributed by atoms with Crippen LogP contribution in [0.25, 0.3) is 0 Å². The van der Waals surface area contributed by atoms with Gasteiger partial charge in [-0.3, -0.25) is 4.79 Å². The fourth-order valence-corrected chi connectivity index (χ4v) is 3.60. The van der Waals surface area contributed by atoms with E-state index in [2.05, 4.69) is 14.8 Å². The maximum atomic E-state index is 12.3. The van der Waals surface area contributed by atoms with Crippen molar-refractivity contribution >= 4 is 39.2 Å².